The maximum Gasteiger partial charge on any atom is 0.236 e. The first-order valence-corrected chi connectivity index (χ1v) is 9.44. The Bertz CT molecular complexity index is 1080. The van der Waals surface area contributed by atoms with Crippen molar-refractivity contribution in [1.82, 2.24) is 14.4 Å². The van der Waals surface area contributed by atoms with E-state index in [4.69, 9.17) is 9.72 Å². The van der Waals surface area contributed by atoms with Crippen LogP contribution in [0.2, 0.25) is 0 Å². The van der Waals surface area contributed by atoms with Gasteiger partial charge in [-0.05, 0) is 42.5 Å². The summed E-state index contributed by atoms with van der Waals surface area (Å²) in [5, 5.41) is 0. The van der Waals surface area contributed by atoms with E-state index in [-0.39, 0.29) is 0 Å². The smallest absolute Gasteiger partial charge is 0.236 e. The lowest BCUT2D eigenvalue weighted by molar-refractivity contribution is 0.415. The van der Waals surface area contributed by atoms with Crippen LogP contribution in [0.15, 0.2) is 60.8 Å². The number of methoxy groups -OCH3 is 1. The van der Waals surface area contributed by atoms with Crippen LogP contribution >= 0.6 is 0 Å². The summed E-state index contributed by atoms with van der Waals surface area (Å²) in [6.45, 7) is 2.05. The summed E-state index contributed by atoms with van der Waals surface area (Å²) in [6, 6.07) is 18.9. The van der Waals surface area contributed by atoms with E-state index in [9.17, 15) is 0 Å². The quantitative estimate of drug-likeness (QED) is 0.548. The van der Waals surface area contributed by atoms with Gasteiger partial charge in [0.2, 0.25) is 5.78 Å². The van der Waals surface area contributed by atoms with Gasteiger partial charge in [-0.25, -0.2) is 4.98 Å². The highest BCUT2D eigenvalue weighted by Gasteiger charge is 2.21. The van der Waals surface area contributed by atoms with Crippen molar-refractivity contribution in [2.24, 2.45) is 0 Å². The van der Waals surface area contributed by atoms with Crippen LogP contribution in [0, 0.1) is 0 Å². The molecule has 27 heavy (non-hydrogen) atoms. The molecule has 2 aromatic heterocycles. The third-order valence-corrected chi connectivity index (χ3v) is 5.56. The van der Waals surface area contributed by atoms with Crippen molar-refractivity contribution in [3.8, 4) is 5.75 Å². The minimum absolute atomic E-state index is 0.646. The largest absolute Gasteiger partial charge is 0.497 e. The molecule has 0 aliphatic carbocycles. The maximum atomic E-state index is 5.31. The molecule has 0 N–H and O–H groups in total. The second-order valence-electron chi connectivity index (χ2n) is 7.09. The van der Waals surface area contributed by atoms with Crippen LogP contribution < -0.4 is 9.64 Å². The van der Waals surface area contributed by atoms with Gasteiger partial charge in [0.1, 0.15) is 11.6 Å². The average Bonchev–Trinajstić information content (AvgIpc) is 3.11. The van der Waals surface area contributed by atoms with E-state index >= 15 is 0 Å². The molecule has 5 heteroatoms. The Balaban J connectivity index is 1.40. The number of benzene rings is 2. The number of anilines is 1. The number of imidazole rings is 1. The summed E-state index contributed by atoms with van der Waals surface area (Å²) in [7, 11) is 1.67. The van der Waals surface area contributed by atoms with E-state index in [1.54, 1.807) is 7.11 Å². The third kappa shape index (κ3) is 2.89. The first-order valence-electron chi connectivity index (χ1n) is 9.44. The molecular weight excluding hydrogens is 336 g/mol. The van der Waals surface area contributed by atoms with Crippen molar-refractivity contribution < 1.29 is 4.74 Å². The van der Waals surface area contributed by atoms with Crippen LogP contribution in [0.5, 0.6) is 5.75 Å². The van der Waals surface area contributed by atoms with E-state index in [1.807, 2.05) is 22.6 Å². The number of ether oxygens (including phenoxy) is 1. The molecule has 0 atom stereocenters. The summed E-state index contributed by atoms with van der Waals surface area (Å²) < 4.78 is 7.34. The van der Waals surface area contributed by atoms with E-state index in [0.29, 0.717) is 5.92 Å². The maximum absolute atomic E-state index is 5.31. The Morgan fingerprint density at radius 3 is 2.56 bits per heavy atom. The first kappa shape index (κ1) is 16.1. The zero-order chi connectivity index (χ0) is 18.2. The predicted octanol–water partition coefficient (Wildman–Crippen LogP) is 4.28. The molecule has 0 unspecified atom stereocenters. The number of fused-ring (bicyclic) bond motifs is 3. The zero-order valence-electron chi connectivity index (χ0n) is 15.4. The molecule has 0 saturated carbocycles. The fourth-order valence-corrected chi connectivity index (χ4v) is 4.04. The van der Waals surface area contributed by atoms with Gasteiger partial charge in [-0.15, -0.1) is 0 Å². The zero-order valence-corrected chi connectivity index (χ0v) is 15.4. The highest BCUT2D eigenvalue weighted by molar-refractivity contribution is 5.81. The standard InChI is InChI=1S/C22H22N4O/c1-27-18-7-8-20-19(15-18)23-22-24-21(11-14-26(20)22)25-12-9-17(10-13-25)16-5-3-2-4-6-16/h2-8,11,14-15,17H,9-10,12-13H2,1H3. The van der Waals surface area contributed by atoms with Crippen molar-refractivity contribution in [1.29, 1.82) is 0 Å². The molecule has 0 bridgehead atoms. The van der Waals surface area contributed by atoms with E-state index in [0.717, 1.165) is 54.3 Å². The number of hydrogen-bond donors (Lipinski definition) is 0. The van der Waals surface area contributed by atoms with Gasteiger partial charge in [0.05, 0.1) is 18.1 Å². The molecular formula is C22H22N4O. The summed E-state index contributed by atoms with van der Waals surface area (Å²) >= 11 is 0. The van der Waals surface area contributed by atoms with Gasteiger partial charge in [0.15, 0.2) is 0 Å². The molecule has 0 spiro atoms. The Morgan fingerprint density at radius 1 is 0.963 bits per heavy atom. The average molecular weight is 358 g/mol. The number of nitrogens with zero attached hydrogens (tertiary/aromatic N) is 4. The van der Waals surface area contributed by atoms with Gasteiger partial charge in [0, 0.05) is 25.4 Å². The van der Waals surface area contributed by atoms with Crippen molar-refractivity contribution in [2.75, 3.05) is 25.1 Å². The Labute approximate surface area is 158 Å². The molecule has 2 aromatic carbocycles. The lowest BCUT2D eigenvalue weighted by Gasteiger charge is -2.33. The van der Waals surface area contributed by atoms with Crippen molar-refractivity contribution in [2.45, 2.75) is 18.8 Å². The number of rotatable bonds is 3. The molecule has 3 heterocycles. The van der Waals surface area contributed by atoms with Crippen LogP contribution in [0.1, 0.15) is 24.3 Å². The lowest BCUT2D eigenvalue weighted by atomic mass is 9.89. The Hall–Kier alpha value is -3.08. The van der Waals surface area contributed by atoms with Gasteiger partial charge in [-0.3, -0.25) is 4.40 Å². The monoisotopic (exact) mass is 358 g/mol. The van der Waals surface area contributed by atoms with Crippen LogP contribution in [0.4, 0.5) is 5.82 Å². The highest BCUT2D eigenvalue weighted by atomic mass is 16.5. The fraction of sp³-hybridized carbons (Fsp3) is 0.273. The van der Waals surface area contributed by atoms with Gasteiger partial charge in [-0.1, -0.05) is 30.3 Å². The summed E-state index contributed by atoms with van der Waals surface area (Å²) in [6.07, 6.45) is 4.39. The lowest BCUT2D eigenvalue weighted by Crippen LogP contribution is -2.33. The summed E-state index contributed by atoms with van der Waals surface area (Å²) in [5.74, 6) is 3.21. The number of hydrogen-bond acceptors (Lipinski definition) is 4. The second-order valence-corrected chi connectivity index (χ2v) is 7.09. The third-order valence-electron chi connectivity index (χ3n) is 5.56. The second kappa shape index (κ2) is 6.58. The topological polar surface area (TPSA) is 42.7 Å². The van der Waals surface area contributed by atoms with Gasteiger partial charge in [0.25, 0.3) is 0 Å². The van der Waals surface area contributed by atoms with E-state index in [2.05, 4.69) is 52.5 Å². The van der Waals surface area contributed by atoms with Crippen molar-refractivity contribution >= 4 is 22.6 Å². The molecule has 136 valence electrons. The Kier molecular flexibility index (Phi) is 3.93. The normalized spacial score (nSPS) is 15.5. The molecule has 0 amide bonds. The molecule has 5 rings (SSSR count). The number of aromatic nitrogens is 3. The molecule has 0 radical (unpaired) electrons. The molecule has 1 fully saturated rings. The van der Waals surface area contributed by atoms with Crippen molar-refractivity contribution in [3.63, 3.8) is 0 Å². The minimum atomic E-state index is 0.646. The molecule has 5 nitrogen and oxygen atoms in total. The number of piperidine rings is 1. The van der Waals surface area contributed by atoms with Crippen molar-refractivity contribution in [3.05, 3.63) is 66.4 Å². The molecule has 1 aliphatic rings. The minimum Gasteiger partial charge on any atom is -0.497 e. The first-order chi connectivity index (χ1) is 13.3. The van der Waals surface area contributed by atoms with Crippen LogP contribution in [-0.4, -0.2) is 34.6 Å². The molecule has 1 saturated heterocycles. The molecule has 1 aliphatic heterocycles. The van der Waals surface area contributed by atoms with Crippen LogP contribution in [-0.2, 0) is 0 Å². The highest BCUT2D eigenvalue weighted by Crippen LogP contribution is 2.30. The van der Waals surface area contributed by atoms with Crippen LogP contribution in [0.3, 0.4) is 0 Å². The summed E-state index contributed by atoms with van der Waals surface area (Å²) in [4.78, 5) is 11.9. The Morgan fingerprint density at radius 2 is 1.78 bits per heavy atom. The van der Waals surface area contributed by atoms with Gasteiger partial charge in [-0.2, -0.15) is 4.98 Å². The van der Waals surface area contributed by atoms with Gasteiger partial charge < -0.3 is 9.64 Å². The predicted molar refractivity (Wildman–Crippen MR) is 108 cm³/mol. The van der Waals surface area contributed by atoms with Gasteiger partial charge >= 0.3 is 0 Å². The van der Waals surface area contributed by atoms with E-state index < -0.39 is 0 Å². The molecule has 4 aromatic rings. The fourth-order valence-electron chi connectivity index (χ4n) is 4.04. The SMILES string of the molecule is COc1ccc2c(c1)nc1nc(N3CCC(c4ccccc4)CC3)ccn12. The van der Waals surface area contributed by atoms with Crippen LogP contribution in [0.25, 0.3) is 16.8 Å². The van der Waals surface area contributed by atoms with E-state index in [1.165, 1.54) is 5.56 Å². The summed E-state index contributed by atoms with van der Waals surface area (Å²) in [5.41, 5.74) is 3.41.